The quantitative estimate of drug-likeness (QED) is 0.0432. The van der Waals surface area contributed by atoms with E-state index in [1.165, 1.54) is 0 Å². The summed E-state index contributed by atoms with van der Waals surface area (Å²) in [4.78, 5) is 56.1. The number of benzene rings is 7. The maximum Gasteiger partial charge on any atom is 0.267 e. The smallest absolute Gasteiger partial charge is 0.267 e. The van der Waals surface area contributed by atoms with E-state index in [1.807, 2.05) is 0 Å². The van der Waals surface area contributed by atoms with Gasteiger partial charge in [-0.1, -0.05) is 81.2 Å². The van der Waals surface area contributed by atoms with Crippen molar-refractivity contribution in [3.63, 3.8) is 0 Å². The van der Waals surface area contributed by atoms with Gasteiger partial charge < -0.3 is 0 Å². The molecule has 2 aliphatic heterocycles. The van der Waals surface area contributed by atoms with Crippen LogP contribution in [-0.4, -0.2) is 23.6 Å². The number of anilines is 2. The van der Waals surface area contributed by atoms with Gasteiger partial charge in [-0.25, -0.2) is 53.7 Å². The summed E-state index contributed by atoms with van der Waals surface area (Å²) in [5, 5.41) is -8.33. The lowest BCUT2D eigenvalue weighted by atomic mass is 9.80. The van der Waals surface area contributed by atoms with Gasteiger partial charge in [0.05, 0.1) is 57.4 Å². The molecule has 7 aromatic rings. The average molecular weight is 978 g/mol. The van der Waals surface area contributed by atoms with Crippen molar-refractivity contribution in [2.45, 2.75) is 6.92 Å². The van der Waals surface area contributed by atoms with Crippen molar-refractivity contribution < 1.29 is 63.1 Å². The largest absolute Gasteiger partial charge is 0.268 e. The summed E-state index contributed by atoms with van der Waals surface area (Å²) < 4.78 is 147. The highest BCUT2D eigenvalue weighted by molar-refractivity contribution is 6.63. The van der Waals surface area contributed by atoms with E-state index in [1.54, 1.807) is 0 Å². The van der Waals surface area contributed by atoms with E-state index in [-0.39, 0.29) is 42.8 Å². The number of carbonyl (C=O) groups excluding carboxylic acids is 4. The van der Waals surface area contributed by atoms with E-state index >= 15 is 17.6 Å². The lowest BCUT2D eigenvalue weighted by Gasteiger charge is -2.33. The number of hydrogen-bond acceptors (Lipinski definition) is 4. The van der Waals surface area contributed by atoms with Crippen LogP contribution in [0.3, 0.4) is 0 Å². The number of imide groups is 2. The molecule has 0 aromatic heterocycles. The van der Waals surface area contributed by atoms with E-state index in [2.05, 4.69) is 0 Å². The van der Waals surface area contributed by atoms with Crippen LogP contribution in [-0.2, 0) is 0 Å². The highest BCUT2D eigenvalue weighted by Crippen LogP contribution is 2.59. The fourth-order valence-corrected chi connectivity index (χ4v) is 9.78. The first kappa shape index (κ1) is 40.8. The Morgan fingerprint density at radius 3 is 0.833 bits per heavy atom. The minimum atomic E-state index is -2.62. The van der Waals surface area contributed by atoms with E-state index in [4.69, 9.17) is 81.2 Å². The Morgan fingerprint density at radius 1 is 0.300 bits per heavy atom. The lowest BCUT2D eigenvalue weighted by Crippen LogP contribution is -2.43. The zero-order valence-corrected chi connectivity index (χ0v) is 33.2. The van der Waals surface area contributed by atoms with Crippen LogP contribution in [0.5, 0.6) is 0 Å². The van der Waals surface area contributed by atoms with Crippen molar-refractivity contribution >= 4 is 159 Å². The fourth-order valence-electron chi connectivity index (χ4n) is 7.84. The third-order valence-corrected chi connectivity index (χ3v) is 13.3. The molecule has 2 heterocycles. The van der Waals surface area contributed by atoms with Crippen LogP contribution < -0.4 is 9.80 Å². The van der Waals surface area contributed by atoms with E-state index in [0.29, 0.717) is 0 Å². The Hall–Kier alpha value is -4.55. The lowest BCUT2D eigenvalue weighted by molar-refractivity contribution is 0.0874. The van der Waals surface area contributed by atoms with Crippen molar-refractivity contribution in [1.29, 1.82) is 0 Å². The van der Waals surface area contributed by atoms with Gasteiger partial charge in [-0.05, 0) is 12.5 Å². The Morgan fingerprint density at radius 2 is 0.533 bits per heavy atom. The Balaban J connectivity index is 1.47. The second-order valence-electron chi connectivity index (χ2n) is 13.1. The zero-order chi connectivity index (χ0) is 43.9. The summed E-state index contributed by atoms with van der Waals surface area (Å²) in [6.07, 6.45) is 0. The second-order valence-corrected chi connectivity index (χ2v) is 15.7. The molecule has 0 aliphatic carbocycles. The molecular weight excluding hydrogens is 975 g/mol. The maximum atomic E-state index is 15.2. The van der Waals surface area contributed by atoms with Crippen LogP contribution >= 0.6 is 81.2 Å². The molecule has 6 nitrogen and oxygen atoms in total. The first-order chi connectivity index (χ1) is 28.0. The van der Waals surface area contributed by atoms with E-state index < -0.39 is 166 Å². The molecule has 9 rings (SSSR count). The van der Waals surface area contributed by atoms with Gasteiger partial charge in [-0.2, -0.15) is 0 Å². The van der Waals surface area contributed by atoms with Gasteiger partial charge >= 0.3 is 0 Å². The molecule has 0 bridgehead atoms. The molecule has 0 N–H and O–H groups in total. The summed E-state index contributed by atoms with van der Waals surface area (Å²) in [5.41, 5.74) is -7.69. The highest BCUT2D eigenvalue weighted by Gasteiger charge is 2.47. The fraction of sp³-hybridized carbons (Fsp3) is 0.0270. The Kier molecular flexibility index (Phi) is 8.84. The van der Waals surface area contributed by atoms with Crippen molar-refractivity contribution in [1.82, 2.24) is 0 Å². The average Bonchev–Trinajstić information content (AvgIpc) is 3.21. The third-order valence-electron chi connectivity index (χ3n) is 10.3. The summed E-state index contributed by atoms with van der Waals surface area (Å²) in [5.74, 6) is -32.7. The predicted octanol–water partition coefficient (Wildman–Crippen LogP) is 13.6. The SMILES string of the molecule is Cc1c2c3c(c(Cl)c(Cl)c4c5c(Cl)c(Cl)c6c7c(c(Cl)c(Cl)c(c(c1Cl)c34)c75)C(=O)N(c1c(F)c(F)c(F)c(F)c1F)C6=O)C(=O)N(c1c(F)c(F)c(F)c(F)c1F)C2=O. The van der Waals surface area contributed by atoms with Gasteiger partial charge in [0, 0.05) is 43.1 Å². The minimum absolute atomic E-state index is 0.301. The van der Waals surface area contributed by atoms with E-state index in [9.17, 15) is 45.5 Å². The molecule has 304 valence electrons. The van der Waals surface area contributed by atoms with Crippen molar-refractivity contribution in [2.24, 2.45) is 0 Å². The molecule has 0 unspecified atom stereocenters. The third kappa shape index (κ3) is 4.57. The summed E-state index contributed by atoms with van der Waals surface area (Å²) in [7, 11) is 0. The van der Waals surface area contributed by atoms with Crippen LogP contribution in [0.4, 0.5) is 55.3 Å². The van der Waals surface area contributed by atoms with Crippen LogP contribution in [0.1, 0.15) is 47.0 Å². The first-order valence-electron chi connectivity index (χ1n) is 15.9. The zero-order valence-electron chi connectivity index (χ0n) is 28.0. The van der Waals surface area contributed by atoms with Gasteiger partial charge in [0.25, 0.3) is 23.6 Å². The molecule has 0 spiro atoms. The molecular formula is C37H3Cl7F10N2O4. The number of fused-ring (bicyclic) bond motifs is 2. The molecule has 0 saturated carbocycles. The van der Waals surface area contributed by atoms with Crippen LogP contribution in [0.25, 0.3) is 43.1 Å². The van der Waals surface area contributed by atoms with Crippen LogP contribution in [0, 0.1) is 65.1 Å². The molecule has 23 heteroatoms. The molecule has 4 amide bonds. The number of rotatable bonds is 2. The highest BCUT2D eigenvalue weighted by atomic mass is 35.5. The first-order valence-corrected chi connectivity index (χ1v) is 18.5. The molecule has 0 fully saturated rings. The topological polar surface area (TPSA) is 74.8 Å². The Bertz CT molecular complexity index is 3000. The molecule has 0 atom stereocenters. The van der Waals surface area contributed by atoms with Crippen LogP contribution in [0.2, 0.25) is 35.2 Å². The van der Waals surface area contributed by atoms with Gasteiger partial charge in [-0.3, -0.25) is 19.2 Å². The van der Waals surface area contributed by atoms with Gasteiger partial charge in [0.15, 0.2) is 46.5 Å². The molecule has 2 aliphatic rings. The monoisotopic (exact) mass is 974 g/mol. The number of halogens is 17. The van der Waals surface area contributed by atoms with Gasteiger partial charge in [-0.15, -0.1) is 0 Å². The van der Waals surface area contributed by atoms with Crippen molar-refractivity contribution in [3.05, 3.63) is 121 Å². The van der Waals surface area contributed by atoms with Gasteiger partial charge in [0.2, 0.25) is 11.6 Å². The summed E-state index contributed by atoms with van der Waals surface area (Å²) >= 11 is 47.5. The standard InChI is InChI=1S/C37H3Cl7F10N2O4/c1-2-3-4-5-8(15(2)38)9-6-7-13(20(43)16(9)39)36(59)56(33-30(53)26(49)23(46)27(50)31(33)54)37(60)14(7)21(44)18(41)11(6)10(5)17(40)19(42)12(4)35(58)55(34(3)57)32-28(51)24(47)22(45)25(48)29(32)52/h1H3. The van der Waals surface area contributed by atoms with Gasteiger partial charge in [0.1, 0.15) is 11.4 Å². The van der Waals surface area contributed by atoms with Crippen molar-refractivity contribution in [3.8, 4) is 0 Å². The predicted molar refractivity (Wildman–Crippen MR) is 202 cm³/mol. The molecule has 0 radical (unpaired) electrons. The second kappa shape index (κ2) is 13.0. The number of amides is 4. The molecule has 7 aromatic carbocycles. The number of nitrogens with zero attached hydrogens (tertiary/aromatic N) is 2. The minimum Gasteiger partial charge on any atom is -0.268 e. The number of hydrogen-bond donors (Lipinski definition) is 0. The molecule has 60 heavy (non-hydrogen) atoms. The Labute approximate surface area is 358 Å². The number of carbonyl (C=O) groups is 4. The summed E-state index contributed by atoms with van der Waals surface area (Å²) in [6.45, 7) is 1.12. The maximum absolute atomic E-state index is 15.2. The van der Waals surface area contributed by atoms with Crippen LogP contribution in [0.15, 0.2) is 0 Å². The normalized spacial score (nSPS) is 14.2. The summed E-state index contributed by atoms with van der Waals surface area (Å²) in [6, 6.07) is 0. The van der Waals surface area contributed by atoms with Crippen molar-refractivity contribution in [2.75, 3.05) is 9.80 Å². The molecule has 0 saturated heterocycles. The van der Waals surface area contributed by atoms with E-state index in [0.717, 1.165) is 6.92 Å².